The summed E-state index contributed by atoms with van der Waals surface area (Å²) < 4.78 is 7.27. The quantitative estimate of drug-likeness (QED) is 0.568. The van der Waals surface area contributed by atoms with Crippen LogP contribution in [0.5, 0.6) is 5.75 Å². The molecule has 8 nitrogen and oxygen atoms in total. The van der Waals surface area contributed by atoms with E-state index in [-0.39, 0.29) is 30.2 Å². The summed E-state index contributed by atoms with van der Waals surface area (Å²) in [6.07, 6.45) is 2.28. The van der Waals surface area contributed by atoms with E-state index in [1.165, 1.54) is 4.90 Å². The Hall–Kier alpha value is -3.81. The number of nitrogens with one attached hydrogen (secondary N) is 2. The number of imidazole rings is 1. The van der Waals surface area contributed by atoms with E-state index < -0.39 is 0 Å². The monoisotopic (exact) mass is 436 g/mol. The molecule has 32 heavy (non-hydrogen) atoms. The van der Waals surface area contributed by atoms with Gasteiger partial charge in [0.25, 0.3) is 11.8 Å². The lowest BCUT2D eigenvalue weighted by atomic mass is 10.0. The Morgan fingerprint density at radius 2 is 1.81 bits per heavy atom. The van der Waals surface area contributed by atoms with Crippen LogP contribution in [0, 0.1) is 6.92 Å². The van der Waals surface area contributed by atoms with E-state index in [1.54, 1.807) is 55.2 Å². The van der Waals surface area contributed by atoms with Gasteiger partial charge in [0.15, 0.2) is 6.61 Å². The van der Waals surface area contributed by atoms with Gasteiger partial charge in [-0.2, -0.15) is 0 Å². The van der Waals surface area contributed by atoms with Gasteiger partial charge in [-0.05, 0) is 43.7 Å². The summed E-state index contributed by atoms with van der Waals surface area (Å²) >= 11 is 0. The van der Waals surface area contributed by atoms with Gasteiger partial charge in [-0.25, -0.2) is 4.79 Å². The zero-order chi connectivity index (χ0) is 23.3. The number of aryl methyl sites for hydroxylation is 1. The maximum Gasteiger partial charge on any atom is 0.330 e. The molecule has 0 spiro atoms. The SMILES string of the molecule is CCC(NC(=O)c1ccc(-n2c(C)c[nH]c2=O)cc1)c1ccccc1OCC(=O)N(C)C. The number of H-pyrrole nitrogens is 1. The van der Waals surface area contributed by atoms with Crippen LogP contribution in [0.3, 0.4) is 0 Å². The third kappa shape index (κ3) is 5.08. The first-order valence-electron chi connectivity index (χ1n) is 10.4. The van der Waals surface area contributed by atoms with Gasteiger partial charge >= 0.3 is 5.69 Å². The Kier molecular flexibility index (Phi) is 7.14. The number of benzene rings is 2. The first-order valence-corrected chi connectivity index (χ1v) is 10.4. The van der Waals surface area contributed by atoms with E-state index in [0.717, 1.165) is 11.3 Å². The van der Waals surface area contributed by atoms with Crippen molar-refractivity contribution >= 4 is 11.8 Å². The number of likely N-dealkylation sites (N-methyl/N-ethyl adjacent to an activating group) is 1. The average molecular weight is 437 g/mol. The van der Waals surface area contributed by atoms with Crippen molar-refractivity contribution in [1.29, 1.82) is 0 Å². The molecule has 8 heteroatoms. The van der Waals surface area contributed by atoms with E-state index in [1.807, 2.05) is 32.0 Å². The smallest absolute Gasteiger partial charge is 0.330 e. The van der Waals surface area contributed by atoms with Gasteiger partial charge in [0.1, 0.15) is 5.75 Å². The van der Waals surface area contributed by atoms with Crippen LogP contribution in [0.25, 0.3) is 5.69 Å². The predicted molar refractivity (Wildman–Crippen MR) is 122 cm³/mol. The van der Waals surface area contributed by atoms with Crippen molar-refractivity contribution in [2.24, 2.45) is 0 Å². The first kappa shape index (κ1) is 22.9. The minimum Gasteiger partial charge on any atom is -0.483 e. The van der Waals surface area contributed by atoms with Crippen LogP contribution < -0.4 is 15.7 Å². The van der Waals surface area contributed by atoms with Crippen molar-refractivity contribution in [2.75, 3.05) is 20.7 Å². The zero-order valence-electron chi connectivity index (χ0n) is 18.7. The van der Waals surface area contributed by atoms with Crippen LogP contribution in [0.15, 0.2) is 59.5 Å². The Labute approximate surface area is 186 Å². The minimum absolute atomic E-state index is 0.0756. The summed E-state index contributed by atoms with van der Waals surface area (Å²) in [6.45, 7) is 3.72. The molecule has 1 aromatic heterocycles. The molecule has 0 fully saturated rings. The molecule has 0 saturated heterocycles. The summed E-state index contributed by atoms with van der Waals surface area (Å²) in [4.78, 5) is 40.9. The number of amides is 2. The van der Waals surface area contributed by atoms with E-state index in [0.29, 0.717) is 23.4 Å². The number of aromatic nitrogens is 2. The van der Waals surface area contributed by atoms with E-state index in [2.05, 4.69) is 10.3 Å². The molecule has 0 aliphatic carbocycles. The summed E-state index contributed by atoms with van der Waals surface area (Å²) in [5, 5.41) is 3.04. The van der Waals surface area contributed by atoms with Gasteiger partial charge < -0.3 is 19.9 Å². The molecule has 0 aliphatic rings. The lowest BCUT2D eigenvalue weighted by molar-refractivity contribution is -0.130. The zero-order valence-corrected chi connectivity index (χ0v) is 18.7. The molecule has 1 heterocycles. The normalized spacial score (nSPS) is 11.6. The Balaban J connectivity index is 1.75. The average Bonchev–Trinajstić information content (AvgIpc) is 3.13. The van der Waals surface area contributed by atoms with E-state index in [9.17, 15) is 14.4 Å². The van der Waals surface area contributed by atoms with Gasteiger partial charge in [-0.1, -0.05) is 25.1 Å². The van der Waals surface area contributed by atoms with Gasteiger partial charge in [-0.3, -0.25) is 14.2 Å². The molecule has 0 saturated carbocycles. The second kappa shape index (κ2) is 10.00. The fourth-order valence-electron chi connectivity index (χ4n) is 3.35. The van der Waals surface area contributed by atoms with E-state index in [4.69, 9.17) is 4.74 Å². The number of rotatable bonds is 8. The molecular formula is C24H28N4O4. The number of carbonyl (C=O) groups is 2. The molecule has 2 amide bonds. The third-order valence-electron chi connectivity index (χ3n) is 5.21. The fourth-order valence-corrected chi connectivity index (χ4v) is 3.35. The molecule has 1 unspecified atom stereocenters. The molecule has 0 aliphatic heterocycles. The second-order valence-electron chi connectivity index (χ2n) is 7.67. The molecule has 3 aromatic rings. The molecule has 1 atom stereocenters. The topological polar surface area (TPSA) is 96.4 Å². The van der Waals surface area contributed by atoms with Gasteiger partial charge in [-0.15, -0.1) is 0 Å². The molecule has 3 rings (SSSR count). The second-order valence-corrected chi connectivity index (χ2v) is 7.67. The van der Waals surface area contributed by atoms with Crippen LogP contribution in [0.2, 0.25) is 0 Å². The number of hydrogen-bond acceptors (Lipinski definition) is 4. The van der Waals surface area contributed by atoms with Gasteiger partial charge in [0.05, 0.1) is 11.7 Å². The van der Waals surface area contributed by atoms with Crippen LogP contribution in [-0.4, -0.2) is 47.0 Å². The molecule has 2 N–H and O–H groups in total. The number of ether oxygens (including phenoxy) is 1. The number of aromatic amines is 1. The lowest BCUT2D eigenvalue weighted by Gasteiger charge is -2.21. The van der Waals surface area contributed by atoms with Gasteiger partial charge in [0, 0.05) is 37.1 Å². The third-order valence-corrected chi connectivity index (χ3v) is 5.21. The highest BCUT2D eigenvalue weighted by atomic mass is 16.5. The maximum absolute atomic E-state index is 12.9. The highest BCUT2D eigenvalue weighted by Crippen LogP contribution is 2.27. The predicted octanol–water partition coefficient (Wildman–Crippen LogP) is 2.82. The molecule has 2 aromatic carbocycles. The maximum atomic E-state index is 12.9. The molecule has 0 radical (unpaired) electrons. The van der Waals surface area contributed by atoms with E-state index >= 15 is 0 Å². The van der Waals surface area contributed by atoms with Crippen LogP contribution >= 0.6 is 0 Å². The Morgan fingerprint density at radius 3 is 2.41 bits per heavy atom. The number of hydrogen-bond donors (Lipinski definition) is 2. The van der Waals surface area contributed by atoms with Gasteiger partial charge in [0.2, 0.25) is 0 Å². The van der Waals surface area contributed by atoms with Crippen molar-refractivity contribution in [3.63, 3.8) is 0 Å². The summed E-state index contributed by atoms with van der Waals surface area (Å²) in [6, 6.07) is 13.9. The largest absolute Gasteiger partial charge is 0.483 e. The highest BCUT2D eigenvalue weighted by Gasteiger charge is 2.19. The number of carbonyl (C=O) groups excluding carboxylic acids is 2. The summed E-state index contributed by atoms with van der Waals surface area (Å²) in [5.74, 6) is 0.182. The van der Waals surface area contributed by atoms with Crippen molar-refractivity contribution in [1.82, 2.24) is 19.8 Å². The van der Waals surface area contributed by atoms with Crippen molar-refractivity contribution in [2.45, 2.75) is 26.3 Å². The highest BCUT2D eigenvalue weighted by molar-refractivity contribution is 5.94. The fraction of sp³-hybridized carbons (Fsp3) is 0.292. The molecular weight excluding hydrogens is 408 g/mol. The van der Waals surface area contributed by atoms with Crippen molar-refractivity contribution < 1.29 is 14.3 Å². The standard InChI is InChI=1S/C24H28N4O4/c1-5-20(19-8-6-7-9-21(19)32-15-22(29)27(3)4)26-23(30)17-10-12-18(13-11-17)28-16(2)14-25-24(28)31/h6-14,20H,5,15H2,1-4H3,(H,25,31)(H,26,30). The van der Waals surface area contributed by atoms with Crippen molar-refractivity contribution in [3.05, 3.63) is 82.0 Å². The summed E-state index contributed by atoms with van der Waals surface area (Å²) in [5.41, 5.74) is 2.52. The molecule has 0 bridgehead atoms. The number of para-hydroxylation sites is 1. The van der Waals surface area contributed by atoms with Crippen LogP contribution in [0.1, 0.15) is 41.0 Å². The Morgan fingerprint density at radius 1 is 1.12 bits per heavy atom. The van der Waals surface area contributed by atoms with Crippen molar-refractivity contribution in [3.8, 4) is 11.4 Å². The van der Waals surface area contributed by atoms with Crippen LogP contribution in [-0.2, 0) is 4.79 Å². The van der Waals surface area contributed by atoms with Crippen LogP contribution in [0.4, 0.5) is 0 Å². The Bertz CT molecular complexity index is 1150. The molecule has 168 valence electrons. The number of nitrogens with zero attached hydrogens (tertiary/aromatic N) is 2. The lowest BCUT2D eigenvalue weighted by Crippen LogP contribution is -2.30. The first-order chi connectivity index (χ1) is 15.3. The summed E-state index contributed by atoms with van der Waals surface area (Å²) in [7, 11) is 3.34. The minimum atomic E-state index is -0.289.